The Hall–Kier alpha value is -1.10. The molecule has 108 valence electrons. The van der Waals surface area contributed by atoms with Crippen molar-refractivity contribution in [3.8, 4) is 0 Å². The molecule has 1 rings (SSSR count). The van der Waals surface area contributed by atoms with Crippen LogP contribution in [0.5, 0.6) is 0 Å². The number of likely N-dealkylation sites (N-methyl/N-ethyl adjacent to an activating group) is 1. The van der Waals surface area contributed by atoms with E-state index < -0.39 is 5.54 Å². The third kappa shape index (κ3) is 3.26. The summed E-state index contributed by atoms with van der Waals surface area (Å²) in [6.45, 7) is 4.62. The van der Waals surface area contributed by atoms with Crippen molar-refractivity contribution in [3.63, 3.8) is 0 Å². The second-order valence-electron chi connectivity index (χ2n) is 4.94. The van der Waals surface area contributed by atoms with Gasteiger partial charge in [-0.25, -0.2) is 0 Å². The summed E-state index contributed by atoms with van der Waals surface area (Å²) >= 11 is 0. The second kappa shape index (κ2) is 6.89. The fourth-order valence-corrected chi connectivity index (χ4v) is 2.25. The van der Waals surface area contributed by atoms with Crippen LogP contribution in [-0.2, 0) is 15.9 Å². The first-order valence-corrected chi connectivity index (χ1v) is 6.61. The Morgan fingerprint density at radius 3 is 2.11 bits per heavy atom. The van der Waals surface area contributed by atoms with E-state index in [4.69, 9.17) is 15.2 Å². The zero-order valence-corrected chi connectivity index (χ0v) is 12.6. The molecule has 0 radical (unpaired) electrons. The standard InChI is InChI=1S/C15H26N2O2/c1-6-12-7-9-13(10-8-12)17(3)15(2,11-16)14(18-4)19-5/h7-10,14H,6,11,16H2,1-5H3. The van der Waals surface area contributed by atoms with Crippen LogP contribution in [0.15, 0.2) is 24.3 Å². The summed E-state index contributed by atoms with van der Waals surface area (Å²) in [7, 11) is 5.28. The van der Waals surface area contributed by atoms with Gasteiger partial charge in [-0.3, -0.25) is 0 Å². The summed E-state index contributed by atoms with van der Waals surface area (Å²) in [6.07, 6.45) is 0.657. The molecule has 0 aliphatic carbocycles. The van der Waals surface area contributed by atoms with E-state index in [0.29, 0.717) is 6.54 Å². The molecule has 2 N–H and O–H groups in total. The summed E-state index contributed by atoms with van der Waals surface area (Å²) in [4.78, 5) is 2.12. The number of benzene rings is 1. The Balaban J connectivity index is 3.02. The highest BCUT2D eigenvalue weighted by atomic mass is 16.7. The summed E-state index contributed by atoms with van der Waals surface area (Å²) in [5, 5.41) is 0. The van der Waals surface area contributed by atoms with Gasteiger partial charge in [-0.2, -0.15) is 0 Å². The highest BCUT2D eigenvalue weighted by Crippen LogP contribution is 2.26. The lowest BCUT2D eigenvalue weighted by molar-refractivity contribution is -0.140. The number of rotatable bonds is 7. The van der Waals surface area contributed by atoms with Crippen molar-refractivity contribution < 1.29 is 9.47 Å². The third-order valence-electron chi connectivity index (χ3n) is 3.85. The summed E-state index contributed by atoms with van der Waals surface area (Å²) < 4.78 is 10.8. The molecule has 0 heterocycles. The van der Waals surface area contributed by atoms with Crippen LogP contribution in [-0.4, -0.2) is 39.6 Å². The van der Waals surface area contributed by atoms with Gasteiger partial charge in [0.15, 0.2) is 6.29 Å². The molecule has 4 heteroatoms. The molecule has 0 saturated carbocycles. The van der Waals surface area contributed by atoms with Crippen molar-refractivity contribution in [1.82, 2.24) is 0 Å². The van der Waals surface area contributed by atoms with E-state index in [2.05, 4.69) is 36.1 Å². The summed E-state index contributed by atoms with van der Waals surface area (Å²) in [5.74, 6) is 0. The molecule has 1 aromatic carbocycles. The van der Waals surface area contributed by atoms with Crippen LogP contribution >= 0.6 is 0 Å². The van der Waals surface area contributed by atoms with E-state index in [1.165, 1.54) is 5.56 Å². The lowest BCUT2D eigenvalue weighted by Crippen LogP contribution is -2.59. The molecule has 1 unspecified atom stereocenters. The predicted molar refractivity (Wildman–Crippen MR) is 79.5 cm³/mol. The Bertz CT molecular complexity index is 376. The zero-order valence-electron chi connectivity index (χ0n) is 12.6. The largest absolute Gasteiger partial charge is 0.363 e. The maximum atomic E-state index is 5.95. The molecule has 0 amide bonds. The van der Waals surface area contributed by atoms with Crippen molar-refractivity contribution in [2.45, 2.75) is 32.1 Å². The van der Waals surface area contributed by atoms with Crippen LogP contribution in [0.3, 0.4) is 0 Å². The number of nitrogens with two attached hydrogens (primary N) is 1. The molecule has 0 aromatic heterocycles. The molecular weight excluding hydrogens is 240 g/mol. The zero-order chi connectivity index (χ0) is 14.5. The number of methoxy groups -OCH3 is 2. The van der Waals surface area contributed by atoms with Gasteiger partial charge in [0.25, 0.3) is 0 Å². The minimum Gasteiger partial charge on any atom is -0.363 e. The van der Waals surface area contributed by atoms with Gasteiger partial charge >= 0.3 is 0 Å². The van der Waals surface area contributed by atoms with Gasteiger partial charge in [0.2, 0.25) is 0 Å². The summed E-state index contributed by atoms with van der Waals surface area (Å²) in [6, 6.07) is 8.49. The van der Waals surface area contributed by atoms with E-state index in [1.54, 1.807) is 14.2 Å². The van der Waals surface area contributed by atoms with Gasteiger partial charge in [-0.05, 0) is 31.0 Å². The first kappa shape index (κ1) is 16.0. The fourth-order valence-electron chi connectivity index (χ4n) is 2.25. The number of hydrogen-bond acceptors (Lipinski definition) is 4. The van der Waals surface area contributed by atoms with Crippen LogP contribution in [0.4, 0.5) is 5.69 Å². The first-order chi connectivity index (χ1) is 9.03. The maximum Gasteiger partial charge on any atom is 0.180 e. The van der Waals surface area contributed by atoms with E-state index in [1.807, 2.05) is 14.0 Å². The molecule has 0 aliphatic rings. The van der Waals surface area contributed by atoms with Crippen LogP contribution in [0.1, 0.15) is 19.4 Å². The molecule has 4 nitrogen and oxygen atoms in total. The van der Waals surface area contributed by atoms with Crippen LogP contribution in [0, 0.1) is 0 Å². The smallest absolute Gasteiger partial charge is 0.180 e. The van der Waals surface area contributed by atoms with E-state index >= 15 is 0 Å². The average Bonchev–Trinajstić information content (AvgIpc) is 2.47. The monoisotopic (exact) mass is 266 g/mol. The molecule has 0 fully saturated rings. The van der Waals surface area contributed by atoms with Gasteiger partial charge in [-0.15, -0.1) is 0 Å². The SMILES string of the molecule is CCc1ccc(N(C)C(C)(CN)C(OC)OC)cc1. The Labute approximate surface area is 116 Å². The highest BCUT2D eigenvalue weighted by Gasteiger charge is 2.38. The molecule has 0 spiro atoms. The quantitative estimate of drug-likeness (QED) is 0.767. The van der Waals surface area contributed by atoms with Gasteiger partial charge in [0, 0.05) is 33.5 Å². The third-order valence-corrected chi connectivity index (χ3v) is 3.85. The number of nitrogens with zero attached hydrogens (tertiary/aromatic N) is 1. The Kier molecular flexibility index (Phi) is 5.79. The number of aryl methyl sites for hydroxylation is 1. The lowest BCUT2D eigenvalue weighted by atomic mass is 9.98. The Morgan fingerprint density at radius 2 is 1.74 bits per heavy atom. The van der Waals surface area contributed by atoms with Crippen molar-refractivity contribution in [1.29, 1.82) is 0 Å². The maximum absolute atomic E-state index is 5.95. The lowest BCUT2D eigenvalue weighted by Gasteiger charge is -2.43. The topological polar surface area (TPSA) is 47.7 Å². The normalized spacial score (nSPS) is 14.5. The molecule has 0 bridgehead atoms. The van der Waals surface area contributed by atoms with Crippen LogP contribution in [0.25, 0.3) is 0 Å². The number of ether oxygens (including phenoxy) is 2. The first-order valence-electron chi connectivity index (χ1n) is 6.61. The number of hydrogen-bond donors (Lipinski definition) is 1. The van der Waals surface area contributed by atoms with Gasteiger partial charge < -0.3 is 20.1 Å². The van der Waals surface area contributed by atoms with Crippen molar-refractivity contribution >= 4 is 5.69 Å². The minimum atomic E-state index is -0.419. The molecule has 1 aromatic rings. The molecular formula is C15H26N2O2. The average molecular weight is 266 g/mol. The minimum absolute atomic E-state index is 0.381. The molecule has 0 aliphatic heterocycles. The van der Waals surface area contributed by atoms with Crippen molar-refractivity contribution in [2.75, 3.05) is 32.7 Å². The highest BCUT2D eigenvalue weighted by molar-refractivity contribution is 5.49. The van der Waals surface area contributed by atoms with Gasteiger partial charge in [0.05, 0.1) is 5.54 Å². The van der Waals surface area contributed by atoms with Crippen LogP contribution < -0.4 is 10.6 Å². The van der Waals surface area contributed by atoms with Gasteiger partial charge in [0.1, 0.15) is 0 Å². The molecule has 19 heavy (non-hydrogen) atoms. The van der Waals surface area contributed by atoms with E-state index in [-0.39, 0.29) is 6.29 Å². The summed E-state index contributed by atoms with van der Waals surface area (Å²) in [5.41, 5.74) is 7.95. The van der Waals surface area contributed by atoms with Crippen molar-refractivity contribution in [2.24, 2.45) is 5.73 Å². The van der Waals surface area contributed by atoms with Gasteiger partial charge in [-0.1, -0.05) is 19.1 Å². The van der Waals surface area contributed by atoms with E-state index in [9.17, 15) is 0 Å². The van der Waals surface area contributed by atoms with E-state index in [0.717, 1.165) is 12.1 Å². The van der Waals surface area contributed by atoms with Crippen molar-refractivity contribution in [3.05, 3.63) is 29.8 Å². The predicted octanol–water partition coefficient (Wildman–Crippen LogP) is 2.02. The molecule has 0 saturated heterocycles. The Morgan fingerprint density at radius 1 is 1.21 bits per heavy atom. The fraction of sp³-hybridized carbons (Fsp3) is 0.600. The number of anilines is 1. The second-order valence-corrected chi connectivity index (χ2v) is 4.94. The molecule has 1 atom stereocenters. The van der Waals surface area contributed by atoms with Crippen LogP contribution in [0.2, 0.25) is 0 Å².